The molecule has 698 valence electrons. The second kappa shape index (κ2) is 46.8. The highest BCUT2D eigenvalue weighted by Gasteiger charge is 2.31. The summed E-state index contributed by atoms with van der Waals surface area (Å²) >= 11 is 0. The zero-order chi connectivity index (χ0) is 93.1. The van der Waals surface area contributed by atoms with Gasteiger partial charge in [0.05, 0.1) is 152 Å². The van der Waals surface area contributed by atoms with E-state index in [0.29, 0.717) is 66.2 Å². The van der Waals surface area contributed by atoms with Crippen LogP contribution in [0.5, 0.6) is 0 Å². The number of anilines is 4. The minimum absolute atomic E-state index is 0.0350. The second-order valence-corrected chi connectivity index (χ2v) is 34.1. The van der Waals surface area contributed by atoms with E-state index in [4.69, 9.17) is 0 Å². The Morgan fingerprint density at radius 3 is 0.379 bits per heavy atom. The minimum Gasteiger partial charge on any atom is -0.390 e. The fraction of sp³-hybridized carbons (Fsp3) is 0.688. The maximum atomic E-state index is 14.4. The first kappa shape index (κ1) is 103. The zero-order valence-corrected chi connectivity index (χ0v) is 74.1. The van der Waals surface area contributed by atoms with E-state index in [2.05, 4.69) is 0 Å². The van der Waals surface area contributed by atoms with Gasteiger partial charge in [0, 0.05) is 108 Å². The van der Waals surface area contributed by atoms with E-state index in [1.54, 1.807) is 188 Å². The van der Waals surface area contributed by atoms with Crippen LogP contribution in [0.15, 0.2) is 106 Å². The van der Waals surface area contributed by atoms with Crippen LogP contribution in [-0.2, 0) is 78.5 Å². The third-order valence-corrected chi connectivity index (χ3v) is 19.8. The van der Waals surface area contributed by atoms with Gasteiger partial charge in [-0.2, -0.15) is 0 Å². The Labute approximate surface area is 714 Å². The number of aliphatic hydroxyl groups is 12. The topological polar surface area (TPSA) is 542 Å². The number of benzene rings is 2. The molecule has 0 saturated carbocycles. The largest absolute Gasteiger partial charge is 0.390 e. The lowest BCUT2D eigenvalue weighted by Crippen LogP contribution is -2.58. The van der Waals surface area contributed by atoms with Crippen molar-refractivity contribution in [1.82, 2.24) is 94.0 Å². The Hall–Kier alpha value is -9.32. The van der Waals surface area contributed by atoms with Gasteiger partial charge in [-0.05, 0) is 161 Å². The number of aromatic nitrogens is 12. The standard InChI is InChI=1S/C77H131N23O24/c1-78(2)26-54(101)38-89-66(113)90(39-55(102)27-79(3)4)71(118)97(70(89)117)46-62(109)34-87(35-63(110)47-98-72(119)91(40-56(103)28-80(5)6)67(114)92(73(98)120)41-57(104)29-81(7)8)52-22-18-50(19-23-52)86(17)51-20-24-53(25-21-51)88(36-64(111)48-99-74(121)93(42-58(105)30-82(9)10)68(115)94(75(99)122)43-59(106)31-83(11)12)37-65(112)49-100-76(123)95(44-60(107)32-84(13)14)69(116)96(77(100)124)45-61(108)33-85(15)16/h18-25,54-65,101-112H,26-49H2,1-17H3. The Balaban J connectivity index is 1.49. The lowest BCUT2D eigenvalue weighted by molar-refractivity contribution is 0.101. The van der Waals surface area contributed by atoms with Crippen LogP contribution < -0.4 is 83.0 Å². The molecule has 47 nitrogen and oxygen atoms in total. The van der Waals surface area contributed by atoms with Crippen molar-refractivity contribution in [2.75, 3.05) is 213 Å². The molecule has 0 fully saturated rings. The van der Waals surface area contributed by atoms with Crippen molar-refractivity contribution in [2.45, 2.75) is 152 Å². The van der Waals surface area contributed by atoms with E-state index in [1.165, 1.54) is 34.1 Å². The summed E-state index contributed by atoms with van der Waals surface area (Å²) in [5.41, 5.74) is -13.2. The smallest absolute Gasteiger partial charge is 0.336 e. The van der Waals surface area contributed by atoms with Gasteiger partial charge in [-0.15, -0.1) is 0 Å². The summed E-state index contributed by atoms with van der Waals surface area (Å²) in [5, 5.41) is 137. The Morgan fingerprint density at radius 1 is 0.177 bits per heavy atom. The summed E-state index contributed by atoms with van der Waals surface area (Å²) in [5.74, 6) is 0. The molecule has 6 rings (SSSR count). The number of likely N-dealkylation sites (N-methyl/N-ethyl adjacent to an activating group) is 8. The van der Waals surface area contributed by atoms with Gasteiger partial charge in [0.25, 0.3) is 0 Å². The normalized spacial score (nSPS) is 15.2. The fourth-order valence-electron chi connectivity index (χ4n) is 14.7. The van der Waals surface area contributed by atoms with Crippen LogP contribution in [0.4, 0.5) is 22.7 Å². The summed E-state index contributed by atoms with van der Waals surface area (Å²) in [4.78, 5) is 188. The molecule has 0 radical (unpaired) electrons. The molecule has 0 spiro atoms. The van der Waals surface area contributed by atoms with E-state index in [0.717, 1.165) is 0 Å². The molecule has 12 N–H and O–H groups in total. The van der Waals surface area contributed by atoms with Gasteiger partial charge in [0.1, 0.15) is 0 Å². The molecule has 12 unspecified atom stereocenters. The third kappa shape index (κ3) is 29.4. The van der Waals surface area contributed by atoms with Gasteiger partial charge in [0.2, 0.25) is 0 Å². The number of nitrogens with zero attached hydrogens (tertiary/aromatic N) is 23. The number of aliphatic hydroxyl groups excluding tert-OH is 12. The predicted octanol–water partition coefficient (Wildman–Crippen LogP) is -13.4. The SMILES string of the molecule is CN(C)CC(O)Cn1c(=O)n(CC(O)CN(C)C)c(=O)n(CC(O)CN(CC(O)Cn2c(=O)n(CC(O)CN(C)C)c(=O)n(CC(O)CN(C)C)c2=O)c2ccc(N(C)c3ccc(N(CC(O)Cn4c(=O)n(CC(O)CN(C)C)c(=O)n(CC(O)CN(C)C)c4=O)CC(O)Cn4c(=O)n(CC(O)CN(C)C)c(=O)n(CC(O)CN(C)C)c4=O)cc3)cc2)c1=O. The highest BCUT2D eigenvalue weighted by molar-refractivity contribution is 5.67. The molecular weight excluding hydrogens is 1630 g/mol. The minimum atomic E-state index is -1.78. The second-order valence-electron chi connectivity index (χ2n) is 34.1. The fourth-order valence-corrected chi connectivity index (χ4v) is 14.7. The number of rotatable bonds is 52. The van der Waals surface area contributed by atoms with Crippen LogP contribution in [0, 0.1) is 0 Å². The number of hydrogen-bond acceptors (Lipinski definition) is 35. The van der Waals surface area contributed by atoms with Crippen LogP contribution in [-0.4, -0.2) is 427 Å². The highest BCUT2D eigenvalue weighted by atomic mass is 16.3. The molecule has 4 aromatic heterocycles. The molecule has 2 aromatic carbocycles. The Morgan fingerprint density at radius 2 is 0.274 bits per heavy atom. The lowest BCUT2D eigenvalue weighted by Gasteiger charge is -2.31. The number of hydrogen-bond donors (Lipinski definition) is 12. The molecule has 0 aliphatic carbocycles. The van der Waals surface area contributed by atoms with Gasteiger partial charge in [-0.3, -0.25) is 0 Å². The molecule has 4 heterocycles. The Bertz CT molecular complexity index is 4400. The predicted molar refractivity (Wildman–Crippen MR) is 463 cm³/mol. The van der Waals surface area contributed by atoms with E-state index >= 15 is 0 Å². The van der Waals surface area contributed by atoms with Crippen LogP contribution in [0.25, 0.3) is 0 Å². The first-order chi connectivity index (χ1) is 57.9. The average molecular weight is 1760 g/mol. The zero-order valence-electron chi connectivity index (χ0n) is 74.1. The summed E-state index contributed by atoms with van der Waals surface area (Å²) < 4.78 is 7.07. The molecule has 0 aliphatic rings. The summed E-state index contributed by atoms with van der Waals surface area (Å²) in [6.45, 7) is -10.9. The van der Waals surface area contributed by atoms with Crippen molar-refractivity contribution in [3.63, 3.8) is 0 Å². The van der Waals surface area contributed by atoms with Crippen molar-refractivity contribution in [3.8, 4) is 0 Å². The van der Waals surface area contributed by atoms with Crippen LogP contribution in [0.3, 0.4) is 0 Å². The lowest BCUT2D eigenvalue weighted by atomic mass is 10.1. The van der Waals surface area contributed by atoms with E-state index in [-0.39, 0.29) is 63.7 Å². The van der Waals surface area contributed by atoms with E-state index in [9.17, 15) is 119 Å². The van der Waals surface area contributed by atoms with Crippen LogP contribution >= 0.6 is 0 Å². The molecule has 0 saturated heterocycles. The molecule has 0 bridgehead atoms. The monoisotopic (exact) mass is 1760 g/mol. The highest BCUT2D eigenvalue weighted by Crippen LogP contribution is 2.29. The van der Waals surface area contributed by atoms with Crippen molar-refractivity contribution < 1.29 is 61.3 Å². The molecule has 0 aliphatic heterocycles. The van der Waals surface area contributed by atoms with Gasteiger partial charge in [-0.25, -0.2) is 112 Å². The summed E-state index contributed by atoms with van der Waals surface area (Å²) in [7, 11) is 27.8. The van der Waals surface area contributed by atoms with E-state index in [1.807, 2.05) is 0 Å². The van der Waals surface area contributed by atoms with Crippen molar-refractivity contribution in [2.24, 2.45) is 0 Å². The van der Waals surface area contributed by atoms with Gasteiger partial charge >= 0.3 is 68.3 Å². The van der Waals surface area contributed by atoms with Crippen molar-refractivity contribution >= 4 is 22.7 Å². The van der Waals surface area contributed by atoms with Gasteiger partial charge in [-0.1, -0.05) is 0 Å². The maximum absolute atomic E-state index is 14.4. The van der Waals surface area contributed by atoms with Gasteiger partial charge < -0.3 is 115 Å². The first-order valence-electron chi connectivity index (χ1n) is 40.4. The van der Waals surface area contributed by atoms with Crippen molar-refractivity contribution in [1.29, 1.82) is 0 Å². The average Bonchev–Trinajstić information content (AvgIpc) is 0.790. The maximum Gasteiger partial charge on any atom is 0.336 e. The molecular formula is C77H131N23O24. The van der Waals surface area contributed by atoms with Gasteiger partial charge in [0.15, 0.2) is 0 Å². The van der Waals surface area contributed by atoms with E-state index < -0.39 is 246 Å². The summed E-state index contributed by atoms with van der Waals surface area (Å²) in [6, 6.07) is 12.5. The molecule has 47 heteroatoms. The summed E-state index contributed by atoms with van der Waals surface area (Å²) in [6.07, 6.45) is -17.8. The van der Waals surface area contributed by atoms with Crippen LogP contribution in [0.1, 0.15) is 0 Å². The van der Waals surface area contributed by atoms with Crippen molar-refractivity contribution in [3.05, 3.63) is 174 Å². The first-order valence-corrected chi connectivity index (χ1v) is 40.4. The molecule has 6 aromatic rings. The third-order valence-electron chi connectivity index (χ3n) is 19.8. The molecule has 124 heavy (non-hydrogen) atoms. The quantitative estimate of drug-likeness (QED) is 0.0169. The Kier molecular flexibility index (Phi) is 39.0. The molecule has 12 atom stereocenters. The van der Waals surface area contributed by atoms with Crippen LogP contribution in [0.2, 0.25) is 0 Å². The molecule has 0 amide bonds.